The molecule has 0 spiro atoms. The summed E-state index contributed by atoms with van der Waals surface area (Å²) in [5.74, 6) is 0.191. The first-order valence-electron chi connectivity index (χ1n) is 10.5. The largest absolute Gasteiger partial charge is 0.352 e. The van der Waals surface area contributed by atoms with E-state index >= 15 is 0 Å². The molecule has 0 bridgehead atoms. The molecule has 1 amide bonds. The Morgan fingerprint density at radius 2 is 1.75 bits per heavy atom. The van der Waals surface area contributed by atoms with Gasteiger partial charge in [-0.1, -0.05) is 60.9 Å². The van der Waals surface area contributed by atoms with Gasteiger partial charge >= 0.3 is 0 Å². The molecule has 2 aromatic carbocycles. The standard InChI is InChI=1S/C25H28N2O/c28-24(26-23-13-7-8-14-23)19-27-17-15-22(16-18-27)25(20-9-3-1-4-10-20)21-11-5-2-6-12-21/h1,3-5,9-12,23H,7-8,13-19H2,(H,26,28). The van der Waals surface area contributed by atoms with Gasteiger partial charge in [-0.15, -0.1) is 0 Å². The van der Waals surface area contributed by atoms with E-state index in [1.165, 1.54) is 35.1 Å². The topological polar surface area (TPSA) is 32.3 Å². The Bertz CT molecular complexity index is 755. The van der Waals surface area contributed by atoms with Crippen molar-refractivity contribution in [1.82, 2.24) is 10.2 Å². The highest BCUT2D eigenvalue weighted by atomic mass is 16.2. The number of rotatable bonds is 5. The molecule has 1 aliphatic heterocycles. The second-order valence-corrected chi connectivity index (χ2v) is 7.89. The number of nitrogens with one attached hydrogen (secondary N) is 1. The molecular weight excluding hydrogens is 344 g/mol. The van der Waals surface area contributed by atoms with Crippen molar-refractivity contribution in [1.29, 1.82) is 0 Å². The Hall–Kier alpha value is -2.57. The lowest BCUT2D eigenvalue weighted by Gasteiger charge is -2.30. The molecule has 2 fully saturated rings. The van der Waals surface area contributed by atoms with E-state index in [-0.39, 0.29) is 5.91 Å². The number of nitrogens with zero attached hydrogens (tertiary/aromatic N) is 1. The van der Waals surface area contributed by atoms with Crippen molar-refractivity contribution >= 4 is 11.5 Å². The number of carbonyl (C=O) groups is 1. The summed E-state index contributed by atoms with van der Waals surface area (Å²) in [6.45, 7) is 2.40. The summed E-state index contributed by atoms with van der Waals surface area (Å²) in [6.07, 6.45) is 6.79. The summed E-state index contributed by atoms with van der Waals surface area (Å²) >= 11 is 0. The normalized spacial score (nSPS) is 17.9. The van der Waals surface area contributed by atoms with Crippen LogP contribution in [0.1, 0.15) is 49.7 Å². The van der Waals surface area contributed by atoms with Crippen LogP contribution in [0.15, 0.2) is 54.1 Å². The van der Waals surface area contributed by atoms with E-state index < -0.39 is 0 Å². The first-order chi connectivity index (χ1) is 13.8. The zero-order valence-electron chi connectivity index (χ0n) is 16.4. The molecule has 0 unspecified atom stereocenters. The first-order valence-corrected chi connectivity index (χ1v) is 10.5. The fourth-order valence-corrected chi connectivity index (χ4v) is 4.46. The third kappa shape index (κ3) is 4.64. The van der Waals surface area contributed by atoms with E-state index in [1.807, 2.05) is 12.1 Å². The quantitative estimate of drug-likeness (QED) is 0.851. The predicted molar refractivity (Wildman–Crippen MR) is 113 cm³/mol. The van der Waals surface area contributed by atoms with Crippen LogP contribution in [0.2, 0.25) is 0 Å². The minimum atomic E-state index is 0.191. The Balaban J connectivity index is 1.44. The lowest BCUT2D eigenvalue weighted by atomic mass is 9.88. The van der Waals surface area contributed by atoms with Crippen molar-refractivity contribution in [3.8, 4) is 0 Å². The van der Waals surface area contributed by atoms with E-state index in [0.717, 1.165) is 38.8 Å². The minimum absolute atomic E-state index is 0.191. The van der Waals surface area contributed by atoms with Gasteiger partial charge in [-0.3, -0.25) is 9.69 Å². The Labute approximate surface area is 168 Å². The highest BCUT2D eigenvalue weighted by molar-refractivity contribution is 5.82. The Morgan fingerprint density at radius 3 is 2.43 bits per heavy atom. The maximum absolute atomic E-state index is 12.4. The number of piperidine rings is 1. The van der Waals surface area contributed by atoms with E-state index in [2.05, 4.69) is 58.7 Å². The molecule has 2 aliphatic rings. The Morgan fingerprint density at radius 1 is 1.00 bits per heavy atom. The van der Waals surface area contributed by atoms with Crippen molar-refractivity contribution in [2.45, 2.75) is 44.6 Å². The number of amides is 1. The molecule has 0 atom stereocenters. The molecule has 1 aliphatic carbocycles. The summed E-state index contributed by atoms with van der Waals surface area (Å²) in [7, 11) is 0. The second-order valence-electron chi connectivity index (χ2n) is 7.89. The van der Waals surface area contributed by atoms with Crippen LogP contribution >= 0.6 is 0 Å². The van der Waals surface area contributed by atoms with Gasteiger partial charge in [0.25, 0.3) is 0 Å². The summed E-state index contributed by atoms with van der Waals surface area (Å²) in [5, 5.41) is 3.21. The average molecular weight is 373 g/mol. The minimum Gasteiger partial charge on any atom is -0.352 e. The fraction of sp³-hybridized carbons (Fsp3) is 0.400. The van der Waals surface area contributed by atoms with Crippen LogP contribution in [-0.4, -0.2) is 36.5 Å². The van der Waals surface area contributed by atoms with Crippen LogP contribution in [0, 0.1) is 12.1 Å². The number of hydrogen-bond donors (Lipinski definition) is 1. The zero-order chi connectivity index (χ0) is 19.2. The predicted octanol–water partition coefficient (Wildman–Crippen LogP) is 4.24. The van der Waals surface area contributed by atoms with Crippen molar-refractivity contribution in [2.75, 3.05) is 19.6 Å². The highest BCUT2D eigenvalue weighted by Crippen LogP contribution is 2.31. The molecule has 1 heterocycles. The van der Waals surface area contributed by atoms with Gasteiger partial charge in [0.1, 0.15) is 0 Å². The van der Waals surface area contributed by atoms with Gasteiger partial charge < -0.3 is 5.32 Å². The third-order valence-electron chi connectivity index (χ3n) is 5.91. The molecule has 144 valence electrons. The monoisotopic (exact) mass is 372 g/mol. The van der Waals surface area contributed by atoms with Crippen LogP contribution in [0.3, 0.4) is 0 Å². The number of hydrogen-bond acceptors (Lipinski definition) is 2. The molecule has 0 radical (unpaired) electrons. The van der Waals surface area contributed by atoms with Crippen LogP contribution < -0.4 is 5.32 Å². The fourth-order valence-electron chi connectivity index (χ4n) is 4.46. The molecular formula is C25H28N2O. The van der Waals surface area contributed by atoms with Crippen molar-refractivity contribution in [2.24, 2.45) is 0 Å². The summed E-state index contributed by atoms with van der Waals surface area (Å²) < 4.78 is 0. The number of benzene rings is 1. The van der Waals surface area contributed by atoms with Crippen molar-refractivity contribution in [3.63, 3.8) is 0 Å². The van der Waals surface area contributed by atoms with Crippen LogP contribution in [0.4, 0.5) is 0 Å². The first kappa shape index (κ1) is 18.8. The lowest BCUT2D eigenvalue weighted by Crippen LogP contribution is -2.43. The van der Waals surface area contributed by atoms with E-state index in [4.69, 9.17) is 0 Å². The Kier molecular flexibility index (Phi) is 6.09. The van der Waals surface area contributed by atoms with Gasteiger partial charge in [0.2, 0.25) is 5.91 Å². The molecule has 1 saturated carbocycles. The van der Waals surface area contributed by atoms with Gasteiger partial charge in [-0.25, -0.2) is 0 Å². The van der Waals surface area contributed by atoms with Crippen molar-refractivity contribution < 1.29 is 4.79 Å². The van der Waals surface area contributed by atoms with Crippen LogP contribution in [0.5, 0.6) is 0 Å². The third-order valence-corrected chi connectivity index (χ3v) is 5.91. The van der Waals surface area contributed by atoms with Gasteiger partial charge in [0.05, 0.1) is 6.54 Å². The van der Waals surface area contributed by atoms with E-state index in [0.29, 0.717) is 12.6 Å². The second kappa shape index (κ2) is 9.08. The van der Waals surface area contributed by atoms with Crippen LogP contribution in [-0.2, 0) is 4.79 Å². The van der Waals surface area contributed by atoms with Crippen molar-refractivity contribution in [3.05, 3.63) is 77.4 Å². The van der Waals surface area contributed by atoms with E-state index in [1.54, 1.807) is 0 Å². The summed E-state index contributed by atoms with van der Waals surface area (Å²) in [4.78, 5) is 14.6. The molecule has 2 aromatic rings. The van der Waals surface area contributed by atoms with Gasteiger partial charge in [-0.05, 0) is 60.6 Å². The van der Waals surface area contributed by atoms with Gasteiger partial charge in [0, 0.05) is 19.1 Å². The maximum Gasteiger partial charge on any atom is 0.234 e. The number of carbonyl (C=O) groups excluding carboxylic acids is 1. The molecule has 1 saturated heterocycles. The maximum atomic E-state index is 12.4. The van der Waals surface area contributed by atoms with Gasteiger partial charge in [-0.2, -0.15) is 0 Å². The average Bonchev–Trinajstić information content (AvgIpc) is 3.24. The summed E-state index contributed by atoms with van der Waals surface area (Å²) in [6, 6.07) is 23.2. The molecule has 4 rings (SSSR count). The molecule has 28 heavy (non-hydrogen) atoms. The lowest BCUT2D eigenvalue weighted by molar-refractivity contribution is -0.123. The highest BCUT2D eigenvalue weighted by Gasteiger charge is 2.22. The zero-order valence-corrected chi connectivity index (χ0v) is 16.4. The molecule has 0 aromatic heterocycles. The van der Waals surface area contributed by atoms with Crippen LogP contribution in [0.25, 0.3) is 5.57 Å². The van der Waals surface area contributed by atoms with Gasteiger partial charge in [0.15, 0.2) is 0 Å². The molecule has 3 nitrogen and oxygen atoms in total. The number of likely N-dealkylation sites (tertiary alicyclic amines) is 1. The smallest absolute Gasteiger partial charge is 0.234 e. The van der Waals surface area contributed by atoms with E-state index in [9.17, 15) is 4.79 Å². The summed E-state index contributed by atoms with van der Waals surface area (Å²) in [5.41, 5.74) is 5.25. The SMILES string of the molecule is O=C(CN1CCC(=C(c2cc#ccc2)c2ccccc2)CC1)NC1CCCC1. The molecule has 1 N–H and O–H groups in total. The molecule has 3 heteroatoms.